The Morgan fingerprint density at radius 3 is 2.64 bits per heavy atom. The van der Waals surface area contributed by atoms with E-state index in [-0.39, 0.29) is 6.61 Å². The van der Waals surface area contributed by atoms with Gasteiger partial charge in [0.25, 0.3) is 0 Å². The van der Waals surface area contributed by atoms with E-state index in [1.165, 1.54) is 0 Å². The van der Waals surface area contributed by atoms with Gasteiger partial charge in [-0.1, -0.05) is 6.07 Å². The maximum atomic E-state index is 8.94. The predicted molar refractivity (Wildman–Crippen MR) is 43.3 cm³/mol. The Balaban J connectivity index is 2.79. The summed E-state index contributed by atoms with van der Waals surface area (Å²) in [5.74, 6) is 0. The fourth-order valence-electron chi connectivity index (χ4n) is 1.27. The summed E-state index contributed by atoms with van der Waals surface area (Å²) in [6, 6.07) is 7.81. The second-order valence-corrected chi connectivity index (χ2v) is 2.49. The molecule has 2 aromatic heterocycles. The first-order valence-corrected chi connectivity index (χ1v) is 3.57. The number of aliphatic hydroxyl groups excluding tert-OH is 1. The van der Waals surface area contributed by atoms with Gasteiger partial charge in [-0.05, 0) is 18.2 Å². The van der Waals surface area contributed by atoms with E-state index in [0.29, 0.717) is 0 Å². The molecule has 0 bridgehead atoms. The van der Waals surface area contributed by atoms with Crippen LogP contribution in [0.5, 0.6) is 0 Å². The molecule has 2 rings (SSSR count). The molecule has 0 spiro atoms. The van der Waals surface area contributed by atoms with Gasteiger partial charge in [-0.2, -0.15) is 0 Å². The van der Waals surface area contributed by atoms with Crippen LogP contribution in [0.4, 0.5) is 0 Å². The molecule has 0 fully saturated rings. The Kier molecular flexibility index (Phi) is 1.40. The van der Waals surface area contributed by atoms with E-state index in [9.17, 15) is 0 Å². The van der Waals surface area contributed by atoms with Crippen LogP contribution >= 0.6 is 0 Å². The lowest BCUT2D eigenvalue weighted by Crippen LogP contribution is -1.88. The van der Waals surface area contributed by atoms with Gasteiger partial charge in [-0.3, -0.25) is 0 Å². The smallest absolute Gasteiger partial charge is 0.0702 e. The molecular weight excluding hydrogens is 138 g/mol. The van der Waals surface area contributed by atoms with Crippen molar-refractivity contribution >= 4 is 5.52 Å². The van der Waals surface area contributed by atoms with Crippen molar-refractivity contribution in [1.29, 1.82) is 0 Å². The lowest BCUT2D eigenvalue weighted by Gasteiger charge is -1.99. The Morgan fingerprint density at radius 2 is 1.91 bits per heavy atom. The summed E-state index contributed by atoms with van der Waals surface area (Å²) < 4.78 is 1.99. The van der Waals surface area contributed by atoms with E-state index in [1.807, 2.05) is 41.1 Å². The number of aliphatic hydroxyl groups is 1. The lowest BCUT2D eigenvalue weighted by atomic mass is 10.2. The third-order valence-electron chi connectivity index (χ3n) is 1.82. The van der Waals surface area contributed by atoms with Crippen molar-refractivity contribution in [3.05, 3.63) is 42.2 Å². The number of nitrogens with zero attached hydrogens (tertiary/aromatic N) is 1. The molecule has 0 aliphatic rings. The molecule has 2 heteroatoms. The van der Waals surface area contributed by atoms with Crippen molar-refractivity contribution in [2.45, 2.75) is 6.61 Å². The van der Waals surface area contributed by atoms with E-state index < -0.39 is 0 Å². The minimum absolute atomic E-state index is 0.106. The molecule has 0 aliphatic heterocycles. The van der Waals surface area contributed by atoms with Crippen molar-refractivity contribution in [2.24, 2.45) is 0 Å². The van der Waals surface area contributed by atoms with Gasteiger partial charge in [-0.25, -0.2) is 0 Å². The van der Waals surface area contributed by atoms with Gasteiger partial charge in [0.05, 0.1) is 12.1 Å². The minimum atomic E-state index is 0.106. The topological polar surface area (TPSA) is 24.6 Å². The van der Waals surface area contributed by atoms with Crippen LogP contribution < -0.4 is 0 Å². The molecule has 2 aromatic rings. The van der Waals surface area contributed by atoms with Crippen molar-refractivity contribution in [3.63, 3.8) is 0 Å². The third-order valence-corrected chi connectivity index (χ3v) is 1.82. The summed E-state index contributed by atoms with van der Waals surface area (Å²) in [5.41, 5.74) is 2.05. The monoisotopic (exact) mass is 147 g/mol. The van der Waals surface area contributed by atoms with Gasteiger partial charge in [0.2, 0.25) is 0 Å². The molecule has 0 aromatic carbocycles. The molecule has 2 nitrogen and oxygen atoms in total. The molecule has 11 heavy (non-hydrogen) atoms. The first-order chi connectivity index (χ1) is 5.42. The van der Waals surface area contributed by atoms with E-state index >= 15 is 0 Å². The van der Waals surface area contributed by atoms with Crippen LogP contribution in [0.2, 0.25) is 0 Å². The number of fused-ring (bicyclic) bond motifs is 1. The molecule has 2 heterocycles. The van der Waals surface area contributed by atoms with Crippen molar-refractivity contribution in [2.75, 3.05) is 0 Å². The normalized spacial score (nSPS) is 10.6. The second kappa shape index (κ2) is 2.40. The second-order valence-electron chi connectivity index (χ2n) is 2.49. The summed E-state index contributed by atoms with van der Waals surface area (Å²) in [4.78, 5) is 0. The summed E-state index contributed by atoms with van der Waals surface area (Å²) in [7, 11) is 0. The highest BCUT2D eigenvalue weighted by molar-refractivity contribution is 5.54. The molecule has 0 amide bonds. The average molecular weight is 147 g/mol. The summed E-state index contributed by atoms with van der Waals surface area (Å²) >= 11 is 0. The first-order valence-electron chi connectivity index (χ1n) is 3.57. The number of hydrogen-bond acceptors (Lipinski definition) is 1. The average Bonchev–Trinajstić information content (AvgIpc) is 2.50. The molecular formula is C9H9NO. The molecule has 1 N–H and O–H groups in total. The molecule has 0 saturated heterocycles. The van der Waals surface area contributed by atoms with Gasteiger partial charge < -0.3 is 9.51 Å². The largest absolute Gasteiger partial charge is 0.392 e. The lowest BCUT2D eigenvalue weighted by molar-refractivity contribution is 0.283. The van der Waals surface area contributed by atoms with E-state index in [2.05, 4.69) is 0 Å². The molecule has 56 valence electrons. The van der Waals surface area contributed by atoms with Gasteiger partial charge in [0, 0.05) is 18.0 Å². The summed E-state index contributed by atoms with van der Waals surface area (Å²) in [5, 5.41) is 8.94. The van der Waals surface area contributed by atoms with Crippen molar-refractivity contribution < 1.29 is 5.11 Å². The van der Waals surface area contributed by atoms with Crippen LogP contribution in [0.25, 0.3) is 5.52 Å². The van der Waals surface area contributed by atoms with Crippen molar-refractivity contribution in [3.8, 4) is 0 Å². The van der Waals surface area contributed by atoms with Crippen LogP contribution in [0, 0.1) is 0 Å². The number of pyridine rings is 1. The molecule has 0 saturated carbocycles. The predicted octanol–water partition coefficient (Wildman–Crippen LogP) is 1.43. The van der Waals surface area contributed by atoms with Gasteiger partial charge >= 0.3 is 0 Å². The van der Waals surface area contributed by atoms with Gasteiger partial charge in [-0.15, -0.1) is 0 Å². The van der Waals surface area contributed by atoms with E-state index in [1.54, 1.807) is 0 Å². The highest BCUT2D eigenvalue weighted by atomic mass is 16.3. The van der Waals surface area contributed by atoms with E-state index in [0.717, 1.165) is 11.1 Å². The van der Waals surface area contributed by atoms with Gasteiger partial charge in [0.15, 0.2) is 0 Å². The van der Waals surface area contributed by atoms with Crippen LogP contribution in [0.1, 0.15) is 5.56 Å². The van der Waals surface area contributed by atoms with Crippen LogP contribution in [0.3, 0.4) is 0 Å². The fourth-order valence-corrected chi connectivity index (χ4v) is 1.27. The van der Waals surface area contributed by atoms with Crippen LogP contribution in [0.15, 0.2) is 36.7 Å². The Morgan fingerprint density at radius 1 is 1.18 bits per heavy atom. The number of hydrogen-bond donors (Lipinski definition) is 1. The standard InChI is InChI=1S/C9H9NO/c11-7-8-3-1-5-10-6-2-4-9(8)10/h1-6,11H,7H2. The van der Waals surface area contributed by atoms with E-state index in [4.69, 9.17) is 5.11 Å². The Labute approximate surface area is 64.7 Å². The van der Waals surface area contributed by atoms with Crippen LogP contribution in [-0.4, -0.2) is 9.51 Å². The molecule has 0 aliphatic carbocycles. The van der Waals surface area contributed by atoms with Crippen LogP contribution in [-0.2, 0) is 6.61 Å². The quantitative estimate of drug-likeness (QED) is 0.648. The molecule has 0 radical (unpaired) electrons. The highest BCUT2D eigenvalue weighted by Crippen LogP contribution is 2.10. The molecule has 0 unspecified atom stereocenters. The summed E-state index contributed by atoms with van der Waals surface area (Å²) in [6.45, 7) is 0.106. The first kappa shape index (κ1) is 6.43. The maximum Gasteiger partial charge on any atom is 0.0702 e. The van der Waals surface area contributed by atoms with Gasteiger partial charge in [0.1, 0.15) is 0 Å². The molecule has 0 atom stereocenters. The zero-order valence-electron chi connectivity index (χ0n) is 6.07. The number of rotatable bonds is 1. The third kappa shape index (κ3) is 0.917. The zero-order chi connectivity index (χ0) is 7.68. The Hall–Kier alpha value is -1.28. The zero-order valence-corrected chi connectivity index (χ0v) is 6.07. The fraction of sp³-hybridized carbons (Fsp3) is 0.111. The number of aromatic nitrogens is 1. The maximum absolute atomic E-state index is 8.94. The minimum Gasteiger partial charge on any atom is -0.392 e. The summed E-state index contributed by atoms with van der Waals surface area (Å²) in [6.07, 6.45) is 3.93. The highest BCUT2D eigenvalue weighted by Gasteiger charge is 1.96. The Bertz CT molecular complexity index is 364. The van der Waals surface area contributed by atoms with Crippen molar-refractivity contribution in [1.82, 2.24) is 4.40 Å². The SMILES string of the molecule is OCc1cccn2cccc12.